The molecule has 1 aliphatic heterocycles. The number of rotatable bonds is 6. The lowest BCUT2D eigenvalue weighted by Crippen LogP contribution is -2.26. The van der Waals surface area contributed by atoms with Crippen molar-refractivity contribution in [3.05, 3.63) is 35.8 Å². The Morgan fingerprint density at radius 2 is 2.14 bits per heavy atom. The summed E-state index contributed by atoms with van der Waals surface area (Å²) in [6.07, 6.45) is 2.09. The van der Waals surface area contributed by atoms with Crippen molar-refractivity contribution in [1.82, 2.24) is 0 Å². The van der Waals surface area contributed by atoms with Crippen molar-refractivity contribution in [2.75, 3.05) is 25.6 Å². The number of hydrogen-bond donors (Lipinski definition) is 1. The molecule has 1 heterocycles. The molecule has 1 aromatic rings. The Hall–Kier alpha value is -1.62. The lowest BCUT2D eigenvalue weighted by molar-refractivity contribution is 0.110. The SMILES string of the molecule is CCOC(=CC1CNc2cc(OC)ccc21)O[Si](C)(C)C. The molecule has 0 saturated heterocycles. The van der Waals surface area contributed by atoms with Gasteiger partial charge >= 0.3 is 0 Å². The zero-order chi connectivity index (χ0) is 15.5. The van der Waals surface area contributed by atoms with Gasteiger partial charge in [-0.3, -0.25) is 0 Å². The molecule has 0 aliphatic carbocycles. The molecule has 1 atom stereocenters. The molecule has 4 nitrogen and oxygen atoms in total. The van der Waals surface area contributed by atoms with Gasteiger partial charge in [-0.15, -0.1) is 0 Å². The molecule has 1 N–H and O–H groups in total. The van der Waals surface area contributed by atoms with Crippen LogP contribution in [0.3, 0.4) is 0 Å². The molecule has 0 radical (unpaired) electrons. The van der Waals surface area contributed by atoms with Crippen LogP contribution in [0.2, 0.25) is 19.6 Å². The summed E-state index contributed by atoms with van der Waals surface area (Å²) in [7, 11) is 0.0141. The Balaban J connectivity index is 2.21. The molecule has 1 unspecified atom stereocenters. The first kappa shape index (κ1) is 15.8. The van der Waals surface area contributed by atoms with Crippen LogP contribution in [-0.2, 0) is 9.16 Å². The van der Waals surface area contributed by atoms with Gasteiger partial charge in [0.25, 0.3) is 5.95 Å². The van der Waals surface area contributed by atoms with E-state index < -0.39 is 8.32 Å². The van der Waals surface area contributed by atoms with Crippen molar-refractivity contribution in [3.8, 4) is 5.75 Å². The predicted octanol–water partition coefficient (Wildman–Crippen LogP) is 3.93. The number of hydrogen-bond acceptors (Lipinski definition) is 4. The highest BCUT2D eigenvalue weighted by atomic mass is 28.4. The maximum atomic E-state index is 6.03. The Morgan fingerprint density at radius 3 is 2.76 bits per heavy atom. The maximum absolute atomic E-state index is 6.03. The normalized spacial score (nSPS) is 18.0. The number of nitrogens with one attached hydrogen (secondary N) is 1. The van der Waals surface area contributed by atoms with Gasteiger partial charge in [0, 0.05) is 30.3 Å². The minimum Gasteiger partial charge on any atom is -0.520 e. The minimum atomic E-state index is -1.67. The van der Waals surface area contributed by atoms with E-state index in [-0.39, 0.29) is 5.92 Å². The van der Waals surface area contributed by atoms with Crippen LogP contribution in [0, 0.1) is 0 Å². The summed E-state index contributed by atoms with van der Waals surface area (Å²) in [5, 5.41) is 3.41. The monoisotopic (exact) mass is 307 g/mol. The topological polar surface area (TPSA) is 39.7 Å². The predicted molar refractivity (Wildman–Crippen MR) is 88.4 cm³/mol. The smallest absolute Gasteiger partial charge is 0.261 e. The van der Waals surface area contributed by atoms with Crippen molar-refractivity contribution in [1.29, 1.82) is 0 Å². The van der Waals surface area contributed by atoms with Gasteiger partial charge in [-0.25, -0.2) is 0 Å². The average Bonchev–Trinajstić information content (AvgIpc) is 2.79. The van der Waals surface area contributed by atoms with E-state index in [2.05, 4.69) is 37.1 Å². The summed E-state index contributed by atoms with van der Waals surface area (Å²) in [5.41, 5.74) is 2.38. The second-order valence-electron chi connectivity index (χ2n) is 6.07. The third-order valence-electron chi connectivity index (χ3n) is 3.20. The van der Waals surface area contributed by atoms with Crippen molar-refractivity contribution in [3.63, 3.8) is 0 Å². The van der Waals surface area contributed by atoms with E-state index in [9.17, 15) is 0 Å². The Kier molecular flexibility index (Phi) is 4.83. The van der Waals surface area contributed by atoms with Gasteiger partial charge in [0.2, 0.25) is 8.32 Å². The number of benzene rings is 1. The molecular weight excluding hydrogens is 282 g/mol. The molecule has 0 spiro atoms. The fourth-order valence-electron chi connectivity index (χ4n) is 2.34. The van der Waals surface area contributed by atoms with Crippen LogP contribution in [0.1, 0.15) is 18.4 Å². The molecule has 1 aromatic carbocycles. The van der Waals surface area contributed by atoms with E-state index in [0.29, 0.717) is 12.6 Å². The van der Waals surface area contributed by atoms with E-state index in [1.165, 1.54) is 5.56 Å². The molecular formula is C16H25NO3Si. The summed E-state index contributed by atoms with van der Waals surface area (Å²) in [6.45, 7) is 9.93. The Labute approximate surface area is 128 Å². The quantitative estimate of drug-likeness (QED) is 0.638. The van der Waals surface area contributed by atoms with Gasteiger partial charge in [0.05, 0.1) is 13.7 Å². The molecule has 116 valence electrons. The van der Waals surface area contributed by atoms with Crippen molar-refractivity contribution in [2.24, 2.45) is 0 Å². The fourth-order valence-corrected chi connectivity index (χ4v) is 3.07. The summed E-state index contributed by atoms with van der Waals surface area (Å²) in [5.74, 6) is 1.80. The number of methoxy groups -OCH3 is 1. The number of fused-ring (bicyclic) bond motifs is 1. The van der Waals surface area contributed by atoms with E-state index in [1.807, 2.05) is 19.1 Å². The summed E-state index contributed by atoms with van der Waals surface area (Å²) >= 11 is 0. The van der Waals surface area contributed by atoms with Crippen LogP contribution in [0.25, 0.3) is 0 Å². The highest BCUT2D eigenvalue weighted by Gasteiger charge is 2.24. The number of anilines is 1. The molecule has 2 rings (SSSR count). The molecule has 0 fully saturated rings. The van der Waals surface area contributed by atoms with Crippen LogP contribution < -0.4 is 10.1 Å². The summed E-state index contributed by atoms with van der Waals surface area (Å²) in [6, 6.07) is 6.13. The Morgan fingerprint density at radius 1 is 1.38 bits per heavy atom. The molecule has 0 amide bonds. The average molecular weight is 307 g/mol. The largest absolute Gasteiger partial charge is 0.520 e. The standard InChI is InChI=1S/C16H25NO3Si/c1-6-19-16(20-21(3,4)5)9-12-11-17-15-10-13(18-2)7-8-14(12)15/h7-10,12,17H,6,11H2,1-5H3. The van der Waals surface area contributed by atoms with Crippen LogP contribution in [-0.4, -0.2) is 28.6 Å². The van der Waals surface area contributed by atoms with Crippen LogP contribution in [0.5, 0.6) is 5.75 Å². The number of ether oxygens (including phenoxy) is 2. The van der Waals surface area contributed by atoms with Crippen molar-refractivity contribution >= 4 is 14.0 Å². The fraction of sp³-hybridized carbons (Fsp3) is 0.500. The van der Waals surface area contributed by atoms with Gasteiger partial charge in [0.15, 0.2) is 0 Å². The zero-order valence-electron chi connectivity index (χ0n) is 13.5. The summed E-state index contributed by atoms with van der Waals surface area (Å²) in [4.78, 5) is 0. The highest BCUT2D eigenvalue weighted by molar-refractivity contribution is 6.70. The first-order valence-electron chi connectivity index (χ1n) is 7.38. The highest BCUT2D eigenvalue weighted by Crippen LogP contribution is 2.35. The molecule has 0 aromatic heterocycles. The second-order valence-corrected chi connectivity index (χ2v) is 10.5. The maximum Gasteiger partial charge on any atom is 0.261 e. The molecule has 0 saturated carbocycles. The Bertz CT molecular complexity index is 523. The van der Waals surface area contributed by atoms with Gasteiger partial charge in [0.1, 0.15) is 5.75 Å². The third kappa shape index (κ3) is 4.17. The van der Waals surface area contributed by atoms with Gasteiger partial charge < -0.3 is 19.2 Å². The molecule has 21 heavy (non-hydrogen) atoms. The van der Waals surface area contributed by atoms with Gasteiger partial charge in [-0.05, 0) is 38.2 Å². The van der Waals surface area contributed by atoms with Crippen LogP contribution in [0.4, 0.5) is 5.69 Å². The van der Waals surface area contributed by atoms with E-state index in [4.69, 9.17) is 13.9 Å². The second kappa shape index (κ2) is 6.43. The van der Waals surface area contributed by atoms with Crippen molar-refractivity contribution in [2.45, 2.75) is 32.5 Å². The lowest BCUT2D eigenvalue weighted by Gasteiger charge is -2.22. The molecule has 5 heteroatoms. The first-order chi connectivity index (χ1) is 9.93. The van der Waals surface area contributed by atoms with E-state index in [0.717, 1.165) is 18.0 Å². The third-order valence-corrected chi connectivity index (χ3v) is 4.02. The minimum absolute atomic E-state index is 0.267. The first-order valence-corrected chi connectivity index (χ1v) is 10.8. The zero-order valence-corrected chi connectivity index (χ0v) is 14.5. The van der Waals surface area contributed by atoms with E-state index in [1.54, 1.807) is 7.11 Å². The molecule has 0 bridgehead atoms. The molecule has 1 aliphatic rings. The van der Waals surface area contributed by atoms with Gasteiger partial charge in [-0.1, -0.05) is 6.07 Å². The van der Waals surface area contributed by atoms with Crippen molar-refractivity contribution < 1.29 is 13.9 Å². The van der Waals surface area contributed by atoms with E-state index >= 15 is 0 Å². The summed E-state index contributed by atoms with van der Waals surface area (Å²) < 4.78 is 16.9. The lowest BCUT2D eigenvalue weighted by atomic mass is 10.0. The van der Waals surface area contributed by atoms with Crippen LogP contribution >= 0.6 is 0 Å². The van der Waals surface area contributed by atoms with Gasteiger partial charge in [-0.2, -0.15) is 0 Å². The van der Waals surface area contributed by atoms with Crippen LogP contribution in [0.15, 0.2) is 30.2 Å².